The molecule has 1 fully saturated rings. The van der Waals surface area contributed by atoms with Gasteiger partial charge in [0, 0.05) is 39.0 Å². The van der Waals surface area contributed by atoms with Crippen molar-refractivity contribution in [2.24, 2.45) is 44.3 Å². The molecule has 0 spiro atoms. The number of rotatable bonds is 26. The number of nitrogens with two attached hydrogens (primary N) is 4. The first kappa shape index (κ1) is 81.2. The van der Waals surface area contributed by atoms with Crippen LogP contribution in [0.3, 0.4) is 0 Å². The average Bonchev–Trinajstić information content (AvgIpc) is 2.46. The molecular weight excluding hydrogens is 1210 g/mol. The second-order valence-corrected chi connectivity index (χ2v) is 20.4. The molecule has 0 bridgehead atoms. The number of carboxylic acid groups (broad SMARTS) is 4. The Hall–Kier alpha value is -8.85. The molecule has 7 amide bonds. The van der Waals surface area contributed by atoms with Crippen molar-refractivity contribution in [1.82, 2.24) is 36.8 Å². The summed E-state index contributed by atoms with van der Waals surface area (Å²) in [6.45, 7) is 9.58. The Morgan fingerprint density at radius 2 is 1.19 bits per heavy atom. The molecule has 0 unspecified atom stereocenters. The number of carboxylic acids is 4. The van der Waals surface area contributed by atoms with Crippen molar-refractivity contribution >= 4 is 71.4 Å². The predicted octanol–water partition coefficient (Wildman–Crippen LogP) is 1.52. The number of phenolic OH excluding ortho intramolecular Hbond substituents is 1. The fourth-order valence-electron chi connectivity index (χ4n) is 7.15. The summed E-state index contributed by atoms with van der Waals surface area (Å²) in [7, 11) is 0. The topological polar surface area (TPSA) is 476 Å². The molecule has 1 saturated heterocycles. The first-order valence-corrected chi connectivity index (χ1v) is 26.4. The number of aromatic hydroxyl groups is 1. The van der Waals surface area contributed by atoms with E-state index in [1.165, 1.54) is 17.0 Å². The van der Waals surface area contributed by atoms with Crippen molar-refractivity contribution < 1.29 is 113 Å². The average molecular weight is 1280 g/mol. The number of phenols is 1. The van der Waals surface area contributed by atoms with Crippen LogP contribution in [0.4, 0.5) is 44.3 Å². The molecule has 0 aromatic heterocycles. The standard InChI is InChI=1S/C45H73N13O9.3C2HF3O2/c1-7-8-9-10-21-52-44(67)57-43(49)51-23-11-14-30(46)36(60)53-31(15-12-22-50-42(47)48)40(64)58-24-13-16-34(58)38(62)54-32(26-28-17-19-29(59)20-18-28)37(61)56-35(45(4,5)6)39(63)55-33(41(65)66)25-27(2)3;3*3-2(4,5)1(6)7/h1,17-20,27,30-35,59H,8-16,21-26,46H2,2-6H3,(H,53,60)(H,54,62)(H,55,63)(H,56,61)(H,65,66)(H4,47,48,50)(H4,49,51,52,57,67);3*(H,6,7)/t30-,31-,32-,33-,34-,35+;;;/m0.../s1. The molecule has 37 heteroatoms. The Labute approximate surface area is 498 Å². The summed E-state index contributed by atoms with van der Waals surface area (Å²) in [6, 6.07) is -1.55. The third-order valence-corrected chi connectivity index (χ3v) is 11.4. The summed E-state index contributed by atoms with van der Waals surface area (Å²) in [5.74, 6) is -10.7. The van der Waals surface area contributed by atoms with Gasteiger partial charge in [-0.2, -0.15) is 39.5 Å². The quantitative estimate of drug-likeness (QED) is 0.0206. The van der Waals surface area contributed by atoms with E-state index in [0.29, 0.717) is 37.8 Å². The lowest BCUT2D eigenvalue weighted by molar-refractivity contribution is -0.193. The lowest BCUT2D eigenvalue weighted by Gasteiger charge is -2.33. The monoisotopic (exact) mass is 1280 g/mol. The Balaban J connectivity index is 0. The molecule has 0 radical (unpaired) electrons. The van der Waals surface area contributed by atoms with Crippen molar-refractivity contribution in [3.8, 4) is 18.1 Å². The van der Waals surface area contributed by atoms with Crippen LogP contribution in [0.1, 0.15) is 104 Å². The number of unbranched alkanes of at least 4 members (excludes halogenated alkanes) is 2. The summed E-state index contributed by atoms with van der Waals surface area (Å²) in [5, 5.41) is 56.9. The van der Waals surface area contributed by atoms with E-state index in [-0.39, 0.29) is 81.7 Å². The van der Waals surface area contributed by atoms with Gasteiger partial charge in [0.2, 0.25) is 29.5 Å². The molecule has 1 heterocycles. The number of nitrogens with zero attached hydrogens (tertiary/aromatic N) is 3. The van der Waals surface area contributed by atoms with Crippen LogP contribution < -0.4 is 54.8 Å². The van der Waals surface area contributed by atoms with E-state index in [1.54, 1.807) is 32.9 Å². The maximum Gasteiger partial charge on any atom is 0.490 e. The Morgan fingerprint density at radius 1 is 0.693 bits per heavy atom. The van der Waals surface area contributed by atoms with E-state index in [4.69, 9.17) is 59.1 Å². The number of hydrogen-bond acceptors (Lipinski definition) is 14. The number of benzene rings is 1. The number of nitrogens with one attached hydrogen (secondary N) is 6. The largest absolute Gasteiger partial charge is 0.508 e. The molecule has 88 heavy (non-hydrogen) atoms. The van der Waals surface area contributed by atoms with Gasteiger partial charge in [0.25, 0.3) is 0 Å². The fourth-order valence-corrected chi connectivity index (χ4v) is 7.15. The highest BCUT2D eigenvalue weighted by molar-refractivity contribution is 5.97. The number of carbonyl (C=O) groups excluding carboxylic acids is 6. The van der Waals surface area contributed by atoms with Crippen LogP contribution in [0.5, 0.6) is 5.75 Å². The fraction of sp³-hybridized carbons (Fsp3) is 0.608. The number of alkyl halides is 9. The van der Waals surface area contributed by atoms with Gasteiger partial charge in [0.15, 0.2) is 11.9 Å². The van der Waals surface area contributed by atoms with E-state index >= 15 is 0 Å². The van der Waals surface area contributed by atoms with Crippen LogP contribution in [0.2, 0.25) is 0 Å². The van der Waals surface area contributed by atoms with E-state index < -0.39 is 120 Å². The number of aliphatic imine (C=N–C) groups is 2. The molecule has 1 aliphatic rings. The minimum Gasteiger partial charge on any atom is -0.508 e. The Kier molecular flexibility index (Phi) is 36.0. The highest BCUT2D eigenvalue weighted by atomic mass is 19.4. The third kappa shape index (κ3) is 35.6. The van der Waals surface area contributed by atoms with Crippen LogP contribution in [0.15, 0.2) is 34.3 Å². The summed E-state index contributed by atoms with van der Waals surface area (Å²) in [4.78, 5) is 130. The summed E-state index contributed by atoms with van der Waals surface area (Å²) < 4.78 is 95.2. The second kappa shape index (κ2) is 39.0. The molecule has 0 saturated carbocycles. The Morgan fingerprint density at radius 3 is 1.66 bits per heavy atom. The van der Waals surface area contributed by atoms with Crippen molar-refractivity contribution in [2.45, 2.75) is 160 Å². The number of terminal acetylenes is 1. The number of aliphatic carboxylic acids is 4. The van der Waals surface area contributed by atoms with Crippen molar-refractivity contribution in [3.05, 3.63) is 29.8 Å². The first-order valence-electron chi connectivity index (χ1n) is 26.4. The second-order valence-electron chi connectivity index (χ2n) is 20.4. The summed E-state index contributed by atoms with van der Waals surface area (Å²) in [6.07, 6.45) is -6.40. The van der Waals surface area contributed by atoms with Gasteiger partial charge in [0.05, 0.1) is 6.04 Å². The zero-order valence-electron chi connectivity index (χ0n) is 48.4. The predicted molar refractivity (Wildman–Crippen MR) is 295 cm³/mol. The number of amides is 7. The van der Waals surface area contributed by atoms with Gasteiger partial charge in [-0.05, 0) is 86.8 Å². The number of likely N-dealkylation sites (tertiary alicyclic amines) is 1. The molecule has 1 aliphatic heterocycles. The molecule has 0 aliphatic carbocycles. The van der Waals surface area contributed by atoms with Gasteiger partial charge >= 0.3 is 48.4 Å². The number of urea groups is 1. The lowest BCUT2D eigenvalue weighted by Crippen LogP contribution is -2.61. The molecule has 1 aromatic rings. The number of carbonyl (C=O) groups is 10. The smallest absolute Gasteiger partial charge is 0.490 e. The molecular formula is C51H76F9N13O15. The van der Waals surface area contributed by atoms with E-state index in [0.717, 1.165) is 6.42 Å². The zero-order chi connectivity index (χ0) is 68.5. The molecule has 28 nitrogen and oxygen atoms in total. The van der Waals surface area contributed by atoms with Crippen LogP contribution in [-0.2, 0) is 49.6 Å². The highest BCUT2D eigenvalue weighted by Gasteiger charge is 2.42. The highest BCUT2D eigenvalue weighted by Crippen LogP contribution is 2.24. The molecule has 2 rings (SSSR count). The zero-order valence-corrected chi connectivity index (χ0v) is 48.4. The lowest BCUT2D eigenvalue weighted by atomic mass is 9.85. The molecule has 6 atom stereocenters. The third-order valence-electron chi connectivity index (χ3n) is 11.4. The minimum atomic E-state index is -5.08. The molecule has 1 aromatic carbocycles. The van der Waals surface area contributed by atoms with Gasteiger partial charge in [-0.25, -0.2) is 24.0 Å². The van der Waals surface area contributed by atoms with E-state index in [1.807, 2.05) is 13.8 Å². The van der Waals surface area contributed by atoms with Gasteiger partial charge < -0.3 is 80.0 Å². The number of halogens is 9. The first-order chi connectivity index (χ1) is 40.4. The SMILES string of the molecule is C#CCCCCNC(=O)NC(N)=NCCC[C@H](N)C(=O)N[C@@H](CCCN=C(N)N)C(=O)N1CCC[C@H]1C(=O)N[C@@H](Cc1ccc(O)cc1)C(=O)N[C@H](C(=O)N[C@@H](CC(C)C)C(=O)O)C(C)(C)C.O=C(O)C(F)(F)F.O=C(O)C(F)(F)F.O=C(O)C(F)(F)F. The normalized spacial score (nSPS) is 14.9. The van der Waals surface area contributed by atoms with Crippen molar-refractivity contribution in [2.75, 3.05) is 26.2 Å². The van der Waals surface area contributed by atoms with Crippen molar-refractivity contribution in [3.63, 3.8) is 0 Å². The van der Waals surface area contributed by atoms with Gasteiger partial charge in [0.1, 0.15) is 36.0 Å². The van der Waals surface area contributed by atoms with E-state index in [9.17, 15) is 83.3 Å². The van der Waals surface area contributed by atoms with Crippen molar-refractivity contribution in [1.29, 1.82) is 0 Å². The summed E-state index contributed by atoms with van der Waals surface area (Å²) in [5.41, 5.74) is 22.7. The summed E-state index contributed by atoms with van der Waals surface area (Å²) >= 11 is 0. The maximum absolute atomic E-state index is 14.3. The van der Waals surface area contributed by atoms with Gasteiger partial charge in [-0.3, -0.25) is 39.3 Å². The van der Waals surface area contributed by atoms with E-state index in [2.05, 4.69) is 47.8 Å². The van der Waals surface area contributed by atoms with Crippen LogP contribution in [0, 0.1) is 23.7 Å². The maximum atomic E-state index is 14.3. The van der Waals surface area contributed by atoms with Crippen LogP contribution >= 0.6 is 0 Å². The van der Waals surface area contributed by atoms with Gasteiger partial charge in [-0.15, -0.1) is 12.3 Å². The molecule has 19 N–H and O–H groups in total. The van der Waals surface area contributed by atoms with Crippen LogP contribution in [0.25, 0.3) is 0 Å². The number of guanidine groups is 2. The molecule has 498 valence electrons. The van der Waals surface area contributed by atoms with Gasteiger partial charge in [-0.1, -0.05) is 46.8 Å². The minimum absolute atomic E-state index is 0.0253. The van der Waals surface area contributed by atoms with Crippen LogP contribution in [-0.4, -0.2) is 183 Å². The number of hydrogen-bond donors (Lipinski definition) is 15. The Bertz CT molecular complexity index is 2520.